The Morgan fingerprint density at radius 3 is 2.29 bits per heavy atom. The van der Waals surface area contributed by atoms with Gasteiger partial charge in [-0.1, -0.05) is 59.6 Å². The zero-order valence-electron chi connectivity index (χ0n) is 13.1. The van der Waals surface area contributed by atoms with Gasteiger partial charge >= 0.3 is 0 Å². The van der Waals surface area contributed by atoms with Crippen LogP contribution in [0.25, 0.3) is 0 Å². The van der Waals surface area contributed by atoms with Crippen molar-refractivity contribution in [1.29, 1.82) is 0 Å². The third-order valence-electron chi connectivity index (χ3n) is 3.40. The predicted octanol–water partition coefficient (Wildman–Crippen LogP) is 3.57. The molecule has 0 aromatic heterocycles. The fourth-order valence-corrected chi connectivity index (χ4v) is 3.88. The lowest BCUT2D eigenvalue weighted by Crippen LogP contribution is -2.32. The van der Waals surface area contributed by atoms with Crippen molar-refractivity contribution < 1.29 is 13.2 Å². The lowest BCUT2D eigenvalue weighted by atomic mass is 10.2. The second kappa shape index (κ2) is 8.01. The number of carbonyl (C=O) groups is 1. The number of benzene rings is 2. The summed E-state index contributed by atoms with van der Waals surface area (Å²) < 4.78 is 24.5. The van der Waals surface area contributed by atoms with Gasteiger partial charge in [0.1, 0.15) is 5.75 Å². The van der Waals surface area contributed by atoms with E-state index in [1.54, 1.807) is 13.1 Å². The molecule has 0 spiro atoms. The third kappa shape index (κ3) is 5.51. The Morgan fingerprint density at radius 2 is 1.67 bits per heavy atom. The molecule has 0 aliphatic rings. The molecule has 0 aliphatic heterocycles. The number of hydrogen-bond donors (Lipinski definition) is 0. The normalized spacial score (nSPS) is 11.3. The van der Waals surface area contributed by atoms with Gasteiger partial charge in [0.2, 0.25) is 5.91 Å². The van der Waals surface area contributed by atoms with Crippen molar-refractivity contribution in [1.82, 2.24) is 4.90 Å². The van der Waals surface area contributed by atoms with E-state index in [4.69, 9.17) is 23.2 Å². The summed E-state index contributed by atoms with van der Waals surface area (Å²) in [6, 6.07) is 14.0. The second-order valence-electron chi connectivity index (χ2n) is 5.52. The molecule has 0 fully saturated rings. The highest BCUT2D eigenvalue weighted by Crippen LogP contribution is 2.23. The number of halogens is 2. The molecule has 24 heavy (non-hydrogen) atoms. The van der Waals surface area contributed by atoms with Crippen LogP contribution in [0, 0.1) is 0 Å². The summed E-state index contributed by atoms with van der Waals surface area (Å²) in [5, 5.41) is 0.647. The molecule has 0 unspecified atom stereocenters. The molecule has 0 atom stereocenters. The zero-order valence-corrected chi connectivity index (χ0v) is 15.4. The second-order valence-corrected chi connectivity index (χ2v) is 8.39. The molecule has 4 nitrogen and oxygen atoms in total. The number of amides is 1. The average Bonchev–Trinajstić information content (AvgIpc) is 2.51. The molecule has 2 aromatic carbocycles. The number of sulfone groups is 1. The highest BCUT2D eigenvalue weighted by atomic mass is 35.5. The van der Waals surface area contributed by atoms with Crippen LogP contribution < -0.4 is 0 Å². The topological polar surface area (TPSA) is 54.5 Å². The molecule has 0 saturated heterocycles. The molecule has 128 valence electrons. The van der Waals surface area contributed by atoms with E-state index in [1.807, 2.05) is 30.3 Å². The van der Waals surface area contributed by atoms with Gasteiger partial charge in [-0.15, -0.1) is 0 Å². The molecule has 0 bridgehead atoms. The largest absolute Gasteiger partial charge is 0.341 e. The number of carbonyl (C=O) groups excluding carboxylic acids is 1. The number of nitrogens with zero attached hydrogens (tertiary/aromatic N) is 1. The Labute approximate surface area is 151 Å². The smallest absolute Gasteiger partial charge is 0.237 e. The molecule has 7 heteroatoms. The van der Waals surface area contributed by atoms with Crippen molar-refractivity contribution in [2.45, 2.75) is 12.3 Å². The van der Waals surface area contributed by atoms with Crippen LogP contribution in [0.2, 0.25) is 10.0 Å². The van der Waals surface area contributed by atoms with Crippen molar-refractivity contribution in [3.05, 3.63) is 69.7 Å². The molecular weight excluding hydrogens is 369 g/mol. The fraction of sp³-hybridized carbons (Fsp3) is 0.235. The molecule has 1 amide bonds. The van der Waals surface area contributed by atoms with E-state index in [2.05, 4.69) is 0 Å². The number of rotatable bonds is 6. The van der Waals surface area contributed by atoms with Gasteiger partial charge in [0.15, 0.2) is 9.84 Å². The van der Waals surface area contributed by atoms with Crippen LogP contribution in [0.1, 0.15) is 11.1 Å². The van der Waals surface area contributed by atoms with Gasteiger partial charge < -0.3 is 4.90 Å². The van der Waals surface area contributed by atoms with Gasteiger partial charge in [0.25, 0.3) is 0 Å². The Kier molecular flexibility index (Phi) is 6.27. The van der Waals surface area contributed by atoms with E-state index in [-0.39, 0.29) is 10.8 Å². The van der Waals surface area contributed by atoms with E-state index in [1.165, 1.54) is 17.0 Å². The van der Waals surface area contributed by atoms with Crippen LogP contribution >= 0.6 is 23.2 Å². The lowest BCUT2D eigenvalue weighted by molar-refractivity contribution is -0.127. The van der Waals surface area contributed by atoms with Crippen LogP contribution in [-0.4, -0.2) is 32.0 Å². The van der Waals surface area contributed by atoms with Gasteiger partial charge in [-0.3, -0.25) is 4.79 Å². The van der Waals surface area contributed by atoms with Gasteiger partial charge in [-0.05, 0) is 23.3 Å². The minimum Gasteiger partial charge on any atom is -0.341 e. The van der Waals surface area contributed by atoms with Crippen molar-refractivity contribution in [2.24, 2.45) is 0 Å². The first-order valence-corrected chi connectivity index (χ1v) is 9.77. The van der Waals surface area contributed by atoms with E-state index in [0.717, 1.165) is 5.56 Å². The quantitative estimate of drug-likeness (QED) is 0.763. The van der Waals surface area contributed by atoms with Crippen molar-refractivity contribution >= 4 is 38.9 Å². The number of hydrogen-bond acceptors (Lipinski definition) is 3. The molecule has 0 heterocycles. The maximum atomic E-state index is 12.2. The molecule has 0 radical (unpaired) electrons. The fourth-order valence-electron chi connectivity index (χ4n) is 2.18. The molecule has 0 N–H and O–H groups in total. The summed E-state index contributed by atoms with van der Waals surface area (Å²) in [5.74, 6) is -1.25. The Morgan fingerprint density at radius 1 is 1.00 bits per heavy atom. The SMILES string of the molecule is CN(Cc1ccccc1)C(=O)CS(=O)(=O)Cc1ccc(Cl)c(Cl)c1. The average molecular weight is 386 g/mol. The Balaban J connectivity index is 1.99. The molecule has 0 saturated carbocycles. The van der Waals surface area contributed by atoms with Crippen LogP contribution in [0.5, 0.6) is 0 Å². The third-order valence-corrected chi connectivity index (χ3v) is 5.60. The maximum Gasteiger partial charge on any atom is 0.237 e. The summed E-state index contributed by atoms with van der Waals surface area (Å²) in [6.07, 6.45) is 0. The highest BCUT2D eigenvalue weighted by molar-refractivity contribution is 7.91. The van der Waals surface area contributed by atoms with Crippen LogP contribution in [0.3, 0.4) is 0 Å². The van der Waals surface area contributed by atoms with Crippen LogP contribution in [0.4, 0.5) is 0 Å². The van der Waals surface area contributed by atoms with E-state index < -0.39 is 21.5 Å². The van der Waals surface area contributed by atoms with E-state index in [0.29, 0.717) is 17.1 Å². The molecule has 2 aromatic rings. The summed E-state index contributed by atoms with van der Waals surface area (Å²) >= 11 is 11.7. The highest BCUT2D eigenvalue weighted by Gasteiger charge is 2.20. The summed E-state index contributed by atoms with van der Waals surface area (Å²) in [4.78, 5) is 13.6. The van der Waals surface area contributed by atoms with Gasteiger partial charge in [0.05, 0.1) is 15.8 Å². The predicted molar refractivity (Wildman–Crippen MR) is 96.9 cm³/mol. The van der Waals surface area contributed by atoms with Crippen molar-refractivity contribution in [2.75, 3.05) is 12.8 Å². The molecule has 2 rings (SSSR count). The summed E-state index contributed by atoms with van der Waals surface area (Å²) in [7, 11) is -2.01. The minimum atomic E-state index is -3.59. The monoisotopic (exact) mass is 385 g/mol. The summed E-state index contributed by atoms with van der Waals surface area (Å²) in [6.45, 7) is 0.363. The van der Waals surface area contributed by atoms with Crippen LogP contribution in [0.15, 0.2) is 48.5 Å². The maximum absolute atomic E-state index is 12.2. The summed E-state index contributed by atoms with van der Waals surface area (Å²) in [5.41, 5.74) is 1.44. The minimum absolute atomic E-state index is 0.255. The standard InChI is InChI=1S/C17H17Cl2NO3S/c1-20(10-13-5-3-2-4-6-13)17(21)12-24(22,23)11-14-7-8-15(18)16(19)9-14/h2-9H,10-12H2,1H3. The van der Waals surface area contributed by atoms with Crippen molar-refractivity contribution in [3.63, 3.8) is 0 Å². The Bertz CT molecular complexity index is 823. The van der Waals surface area contributed by atoms with Gasteiger partial charge in [0, 0.05) is 13.6 Å². The van der Waals surface area contributed by atoms with Gasteiger partial charge in [-0.2, -0.15) is 0 Å². The zero-order chi connectivity index (χ0) is 17.7. The van der Waals surface area contributed by atoms with Gasteiger partial charge in [-0.25, -0.2) is 8.42 Å². The van der Waals surface area contributed by atoms with E-state index in [9.17, 15) is 13.2 Å². The first-order valence-electron chi connectivity index (χ1n) is 7.19. The molecule has 0 aliphatic carbocycles. The van der Waals surface area contributed by atoms with E-state index >= 15 is 0 Å². The first kappa shape index (κ1) is 18.8. The Hall–Kier alpha value is -1.56. The first-order chi connectivity index (χ1) is 11.3. The molecular formula is C17H17Cl2NO3S. The van der Waals surface area contributed by atoms with Crippen molar-refractivity contribution in [3.8, 4) is 0 Å². The lowest BCUT2D eigenvalue weighted by Gasteiger charge is -2.17. The van der Waals surface area contributed by atoms with Crippen LogP contribution in [-0.2, 0) is 26.9 Å².